The fourth-order valence-corrected chi connectivity index (χ4v) is 2.97. The van der Waals surface area contributed by atoms with Crippen LogP contribution in [0, 0.1) is 0 Å². The topological polar surface area (TPSA) is 29.5 Å². The van der Waals surface area contributed by atoms with Gasteiger partial charge < -0.3 is 9.84 Å². The molecule has 1 aliphatic rings. The largest absolute Gasteiger partial charge is 0.390 e. The zero-order valence-corrected chi connectivity index (χ0v) is 9.93. The third-order valence-corrected chi connectivity index (χ3v) is 4.12. The van der Waals surface area contributed by atoms with Gasteiger partial charge in [0, 0.05) is 22.8 Å². The molecule has 1 N–H and O–H groups in total. The van der Waals surface area contributed by atoms with Crippen molar-refractivity contribution in [3.63, 3.8) is 0 Å². The minimum Gasteiger partial charge on any atom is -0.390 e. The zero-order valence-electron chi connectivity index (χ0n) is 9.11. The summed E-state index contributed by atoms with van der Waals surface area (Å²) in [5, 5.41) is 9.97. The minimum absolute atomic E-state index is 0.0668. The Balaban J connectivity index is 1.89. The number of thiophene rings is 1. The number of aliphatic hydroxyl groups excluding tert-OH is 1. The minimum atomic E-state index is -0.323. The zero-order chi connectivity index (χ0) is 10.7. The maximum Gasteiger partial charge on any atom is 0.0849 e. The number of aliphatic hydroxyl groups is 1. The fraction of sp³-hybridized carbons (Fsp3) is 0.667. The highest BCUT2D eigenvalue weighted by molar-refractivity contribution is 7.11. The quantitative estimate of drug-likeness (QED) is 0.854. The molecule has 0 amide bonds. The molecule has 0 bridgehead atoms. The Kier molecular flexibility index (Phi) is 3.78. The highest BCUT2D eigenvalue weighted by Crippen LogP contribution is 2.22. The molecule has 2 rings (SSSR count). The molecule has 2 unspecified atom stereocenters. The summed E-state index contributed by atoms with van der Waals surface area (Å²) < 4.78 is 5.47. The van der Waals surface area contributed by atoms with E-state index in [-0.39, 0.29) is 12.2 Å². The lowest BCUT2D eigenvalue weighted by atomic mass is 10.1. The van der Waals surface area contributed by atoms with Crippen molar-refractivity contribution >= 4 is 11.3 Å². The van der Waals surface area contributed by atoms with Gasteiger partial charge in [-0.3, -0.25) is 0 Å². The van der Waals surface area contributed by atoms with Gasteiger partial charge in [-0.05, 0) is 31.4 Å². The molecule has 0 aliphatic carbocycles. The SMILES string of the molecule is CCc1ccc(CC(O)C2CCCO2)s1. The second kappa shape index (κ2) is 5.10. The van der Waals surface area contributed by atoms with E-state index in [1.54, 1.807) is 11.3 Å². The molecule has 2 heterocycles. The first kappa shape index (κ1) is 11.1. The molecule has 1 aliphatic heterocycles. The van der Waals surface area contributed by atoms with Gasteiger partial charge in [0.15, 0.2) is 0 Å². The Morgan fingerprint density at radius 2 is 2.33 bits per heavy atom. The van der Waals surface area contributed by atoms with Gasteiger partial charge in [0.2, 0.25) is 0 Å². The molecule has 15 heavy (non-hydrogen) atoms. The standard InChI is InChI=1S/C12H18O2S/c1-2-9-5-6-10(15-9)8-11(13)12-4-3-7-14-12/h5-6,11-13H,2-4,7-8H2,1H3. The van der Waals surface area contributed by atoms with Gasteiger partial charge in [-0.1, -0.05) is 6.92 Å². The summed E-state index contributed by atoms with van der Waals surface area (Å²) in [6.07, 6.45) is 3.67. The lowest BCUT2D eigenvalue weighted by molar-refractivity contribution is -0.000398. The van der Waals surface area contributed by atoms with Crippen LogP contribution in [0.15, 0.2) is 12.1 Å². The Labute approximate surface area is 94.9 Å². The number of rotatable bonds is 4. The first-order valence-corrected chi connectivity index (χ1v) is 6.48. The summed E-state index contributed by atoms with van der Waals surface area (Å²) in [6.45, 7) is 2.97. The highest BCUT2D eigenvalue weighted by atomic mass is 32.1. The normalized spacial score (nSPS) is 23.2. The summed E-state index contributed by atoms with van der Waals surface area (Å²) in [7, 11) is 0. The number of hydrogen-bond acceptors (Lipinski definition) is 3. The number of ether oxygens (including phenoxy) is 1. The maximum atomic E-state index is 9.97. The molecule has 1 fully saturated rings. The van der Waals surface area contributed by atoms with Crippen molar-refractivity contribution in [1.82, 2.24) is 0 Å². The average Bonchev–Trinajstić information content (AvgIpc) is 2.87. The molecule has 0 spiro atoms. The first-order valence-electron chi connectivity index (χ1n) is 5.67. The van der Waals surface area contributed by atoms with E-state index in [1.807, 2.05) is 0 Å². The first-order chi connectivity index (χ1) is 7.29. The van der Waals surface area contributed by atoms with Gasteiger partial charge in [-0.2, -0.15) is 0 Å². The smallest absolute Gasteiger partial charge is 0.0849 e. The van der Waals surface area contributed by atoms with Crippen molar-refractivity contribution in [2.24, 2.45) is 0 Å². The van der Waals surface area contributed by atoms with Gasteiger partial charge in [-0.15, -0.1) is 11.3 Å². The van der Waals surface area contributed by atoms with E-state index in [1.165, 1.54) is 9.75 Å². The second-order valence-electron chi connectivity index (χ2n) is 4.04. The van der Waals surface area contributed by atoms with E-state index in [0.717, 1.165) is 32.3 Å². The Bertz CT molecular complexity index is 302. The monoisotopic (exact) mass is 226 g/mol. The lowest BCUT2D eigenvalue weighted by Gasteiger charge is -2.16. The van der Waals surface area contributed by atoms with Crippen LogP contribution in [-0.2, 0) is 17.6 Å². The predicted molar refractivity (Wildman–Crippen MR) is 62.4 cm³/mol. The summed E-state index contributed by atoms with van der Waals surface area (Å²) in [5.41, 5.74) is 0. The van der Waals surface area contributed by atoms with Crippen LogP contribution in [0.4, 0.5) is 0 Å². The van der Waals surface area contributed by atoms with Crippen LogP contribution in [0.25, 0.3) is 0 Å². The summed E-state index contributed by atoms with van der Waals surface area (Å²) >= 11 is 1.80. The van der Waals surface area contributed by atoms with Crippen molar-refractivity contribution in [2.45, 2.75) is 44.8 Å². The van der Waals surface area contributed by atoms with Crippen molar-refractivity contribution < 1.29 is 9.84 Å². The Hall–Kier alpha value is -0.380. The molecule has 0 aromatic carbocycles. The predicted octanol–water partition coefficient (Wildman–Crippen LogP) is 2.39. The van der Waals surface area contributed by atoms with Crippen LogP contribution in [0.2, 0.25) is 0 Å². The highest BCUT2D eigenvalue weighted by Gasteiger charge is 2.24. The molecule has 3 heteroatoms. The van der Waals surface area contributed by atoms with Gasteiger partial charge in [0.05, 0.1) is 12.2 Å². The van der Waals surface area contributed by atoms with Crippen LogP contribution < -0.4 is 0 Å². The van der Waals surface area contributed by atoms with Crippen LogP contribution in [-0.4, -0.2) is 23.9 Å². The molecule has 1 saturated heterocycles. The van der Waals surface area contributed by atoms with Gasteiger partial charge in [0.25, 0.3) is 0 Å². The number of hydrogen-bond donors (Lipinski definition) is 1. The summed E-state index contributed by atoms with van der Waals surface area (Å²) in [4.78, 5) is 2.67. The van der Waals surface area contributed by atoms with Gasteiger partial charge >= 0.3 is 0 Å². The third-order valence-electron chi connectivity index (χ3n) is 2.87. The Morgan fingerprint density at radius 3 is 2.93 bits per heavy atom. The summed E-state index contributed by atoms with van der Waals surface area (Å²) in [6, 6.07) is 4.28. The van der Waals surface area contributed by atoms with Crippen molar-refractivity contribution in [3.05, 3.63) is 21.9 Å². The van der Waals surface area contributed by atoms with E-state index in [4.69, 9.17) is 4.74 Å². The molecular weight excluding hydrogens is 208 g/mol. The Morgan fingerprint density at radius 1 is 1.53 bits per heavy atom. The fourth-order valence-electron chi connectivity index (χ4n) is 1.97. The van der Waals surface area contributed by atoms with Gasteiger partial charge in [0.1, 0.15) is 0 Å². The molecule has 0 radical (unpaired) electrons. The molecule has 2 atom stereocenters. The third kappa shape index (κ3) is 2.80. The van der Waals surface area contributed by atoms with E-state index >= 15 is 0 Å². The van der Waals surface area contributed by atoms with Crippen LogP contribution in [0.3, 0.4) is 0 Å². The van der Waals surface area contributed by atoms with E-state index < -0.39 is 0 Å². The molecule has 1 aromatic rings. The van der Waals surface area contributed by atoms with Gasteiger partial charge in [-0.25, -0.2) is 0 Å². The van der Waals surface area contributed by atoms with E-state index in [9.17, 15) is 5.11 Å². The van der Waals surface area contributed by atoms with Crippen LogP contribution in [0.5, 0.6) is 0 Å². The molecular formula is C12H18O2S. The lowest BCUT2D eigenvalue weighted by Crippen LogP contribution is -2.26. The van der Waals surface area contributed by atoms with Crippen molar-refractivity contribution in [2.75, 3.05) is 6.61 Å². The number of aryl methyl sites for hydroxylation is 1. The van der Waals surface area contributed by atoms with E-state index in [2.05, 4.69) is 19.1 Å². The maximum absolute atomic E-state index is 9.97. The van der Waals surface area contributed by atoms with Crippen molar-refractivity contribution in [1.29, 1.82) is 0 Å². The van der Waals surface area contributed by atoms with E-state index in [0.29, 0.717) is 0 Å². The van der Waals surface area contributed by atoms with Crippen molar-refractivity contribution in [3.8, 4) is 0 Å². The summed E-state index contributed by atoms with van der Waals surface area (Å²) in [5.74, 6) is 0. The molecule has 84 valence electrons. The molecule has 2 nitrogen and oxygen atoms in total. The van der Waals surface area contributed by atoms with Crippen LogP contribution >= 0.6 is 11.3 Å². The van der Waals surface area contributed by atoms with Crippen LogP contribution in [0.1, 0.15) is 29.5 Å². The average molecular weight is 226 g/mol. The molecule has 0 saturated carbocycles. The molecule has 1 aromatic heterocycles. The second-order valence-corrected chi connectivity index (χ2v) is 5.30.